The van der Waals surface area contributed by atoms with Crippen LogP contribution in [0.15, 0.2) is 9.82 Å². The number of hydrogen-bond acceptors (Lipinski definition) is 5. The van der Waals surface area contributed by atoms with Gasteiger partial charge < -0.3 is 15.0 Å². The lowest BCUT2D eigenvalue weighted by atomic mass is 10.1. The largest absolute Gasteiger partial charge is 0.393 e. The van der Waals surface area contributed by atoms with Crippen molar-refractivity contribution in [1.82, 2.24) is 14.9 Å². The van der Waals surface area contributed by atoms with Crippen molar-refractivity contribution in [3.63, 3.8) is 0 Å². The highest BCUT2D eigenvalue weighted by Gasteiger charge is 2.26. The molecule has 6 nitrogen and oxygen atoms in total. The smallest absolute Gasteiger partial charge is 0.346 e. The molecule has 19 heavy (non-hydrogen) atoms. The van der Waals surface area contributed by atoms with E-state index in [-0.39, 0.29) is 12.0 Å². The molecular formula is C12H17N3O3S. The predicted molar refractivity (Wildman–Crippen MR) is 72.5 cm³/mol. The fourth-order valence-electron chi connectivity index (χ4n) is 2.19. The summed E-state index contributed by atoms with van der Waals surface area (Å²) in [4.78, 5) is 31.9. The van der Waals surface area contributed by atoms with Crippen LogP contribution < -0.4 is 5.69 Å². The Morgan fingerprint density at radius 2 is 2.11 bits per heavy atom. The topological polar surface area (TPSA) is 86.3 Å². The average molecular weight is 283 g/mol. The molecule has 1 saturated heterocycles. The number of hydrogen-bond donors (Lipinski definition) is 2. The first-order chi connectivity index (χ1) is 9.02. The van der Waals surface area contributed by atoms with Gasteiger partial charge >= 0.3 is 5.69 Å². The predicted octanol–water partition coefficient (Wildman–Crippen LogP) is 0.397. The minimum absolute atomic E-state index is 0.127. The summed E-state index contributed by atoms with van der Waals surface area (Å²) in [6, 6.07) is 0. The first-order valence-electron chi connectivity index (χ1n) is 6.15. The highest BCUT2D eigenvalue weighted by Crippen LogP contribution is 2.21. The SMILES string of the molecule is CSc1nc(=O)[nH]c(C)c1C(=O)N1CCC(O)CC1. The zero-order chi connectivity index (χ0) is 14.0. The summed E-state index contributed by atoms with van der Waals surface area (Å²) in [7, 11) is 0. The van der Waals surface area contributed by atoms with E-state index in [1.165, 1.54) is 11.8 Å². The first-order valence-corrected chi connectivity index (χ1v) is 7.37. The fourth-order valence-corrected chi connectivity index (χ4v) is 2.80. The third-order valence-corrected chi connectivity index (χ3v) is 3.93. The minimum atomic E-state index is -0.438. The number of nitrogens with zero attached hydrogens (tertiary/aromatic N) is 2. The molecule has 2 heterocycles. The maximum absolute atomic E-state index is 12.5. The highest BCUT2D eigenvalue weighted by atomic mass is 32.2. The van der Waals surface area contributed by atoms with Crippen LogP contribution in [0.3, 0.4) is 0 Å². The zero-order valence-corrected chi connectivity index (χ0v) is 11.8. The number of nitrogens with one attached hydrogen (secondary N) is 1. The Hall–Kier alpha value is -1.34. The molecular weight excluding hydrogens is 266 g/mol. The van der Waals surface area contributed by atoms with E-state index in [0.717, 1.165) is 0 Å². The molecule has 2 N–H and O–H groups in total. The number of likely N-dealkylation sites (tertiary alicyclic amines) is 1. The Balaban J connectivity index is 2.31. The number of aromatic amines is 1. The lowest BCUT2D eigenvalue weighted by Gasteiger charge is -2.30. The third-order valence-electron chi connectivity index (χ3n) is 3.25. The summed E-state index contributed by atoms with van der Waals surface area (Å²) in [6.45, 7) is 2.77. The number of rotatable bonds is 2. The number of aliphatic hydroxyl groups excluding tert-OH is 1. The Labute approximate surface area is 115 Å². The second-order valence-electron chi connectivity index (χ2n) is 4.57. The monoisotopic (exact) mass is 283 g/mol. The van der Waals surface area contributed by atoms with Crippen LogP contribution in [0.25, 0.3) is 0 Å². The lowest BCUT2D eigenvalue weighted by molar-refractivity contribution is 0.0541. The van der Waals surface area contributed by atoms with Gasteiger partial charge in [0.05, 0.1) is 11.7 Å². The second-order valence-corrected chi connectivity index (χ2v) is 5.37. The van der Waals surface area contributed by atoms with Crippen LogP contribution in [0.5, 0.6) is 0 Å². The van der Waals surface area contributed by atoms with Crippen molar-refractivity contribution in [2.75, 3.05) is 19.3 Å². The summed E-state index contributed by atoms with van der Waals surface area (Å²) in [6.07, 6.45) is 2.66. The summed E-state index contributed by atoms with van der Waals surface area (Å²) in [5.41, 5.74) is 0.566. The van der Waals surface area contributed by atoms with Crippen LogP contribution in [0.2, 0.25) is 0 Å². The van der Waals surface area contributed by atoms with Crippen LogP contribution >= 0.6 is 11.8 Å². The van der Waals surface area contributed by atoms with Gasteiger partial charge in [0, 0.05) is 18.8 Å². The quantitative estimate of drug-likeness (QED) is 0.606. The van der Waals surface area contributed by atoms with Crippen molar-refractivity contribution < 1.29 is 9.90 Å². The molecule has 1 aromatic heterocycles. The summed E-state index contributed by atoms with van der Waals surface area (Å²) >= 11 is 1.29. The average Bonchev–Trinajstić information content (AvgIpc) is 2.38. The molecule has 0 saturated carbocycles. The Morgan fingerprint density at radius 3 is 2.68 bits per heavy atom. The second kappa shape index (κ2) is 5.75. The van der Waals surface area contributed by atoms with Gasteiger partial charge in [-0.1, -0.05) is 0 Å². The molecule has 1 aliphatic rings. The molecule has 7 heteroatoms. The van der Waals surface area contributed by atoms with E-state index in [1.54, 1.807) is 18.1 Å². The number of thioether (sulfide) groups is 1. The Morgan fingerprint density at radius 1 is 1.47 bits per heavy atom. The molecule has 0 aromatic carbocycles. The molecule has 0 spiro atoms. The van der Waals surface area contributed by atoms with Gasteiger partial charge in [-0.25, -0.2) is 4.79 Å². The molecule has 1 fully saturated rings. The van der Waals surface area contributed by atoms with Gasteiger partial charge in [-0.2, -0.15) is 4.98 Å². The van der Waals surface area contributed by atoms with Crippen molar-refractivity contribution in [2.45, 2.75) is 30.9 Å². The number of aliphatic hydroxyl groups is 1. The van der Waals surface area contributed by atoms with Crippen LogP contribution in [0.1, 0.15) is 28.9 Å². The number of aryl methyl sites for hydroxylation is 1. The van der Waals surface area contributed by atoms with Crippen LogP contribution in [0.4, 0.5) is 0 Å². The van der Waals surface area contributed by atoms with Crippen molar-refractivity contribution in [2.24, 2.45) is 0 Å². The summed E-state index contributed by atoms with van der Waals surface area (Å²) < 4.78 is 0. The van der Waals surface area contributed by atoms with E-state index >= 15 is 0 Å². The van der Waals surface area contributed by atoms with Gasteiger partial charge in [-0.15, -0.1) is 11.8 Å². The van der Waals surface area contributed by atoms with E-state index in [0.29, 0.717) is 42.2 Å². The number of amides is 1. The fraction of sp³-hybridized carbons (Fsp3) is 0.583. The first kappa shape index (κ1) is 14.1. The number of carbonyl (C=O) groups is 1. The molecule has 104 valence electrons. The molecule has 1 amide bonds. The number of aromatic nitrogens is 2. The van der Waals surface area contributed by atoms with Crippen molar-refractivity contribution in [3.8, 4) is 0 Å². The molecule has 2 rings (SSSR count). The van der Waals surface area contributed by atoms with Gasteiger partial charge in [0.25, 0.3) is 5.91 Å². The highest BCUT2D eigenvalue weighted by molar-refractivity contribution is 7.98. The van der Waals surface area contributed by atoms with Gasteiger partial charge in [-0.3, -0.25) is 4.79 Å². The number of H-pyrrole nitrogens is 1. The minimum Gasteiger partial charge on any atom is -0.393 e. The van der Waals surface area contributed by atoms with Crippen LogP contribution in [-0.2, 0) is 0 Å². The summed E-state index contributed by atoms with van der Waals surface area (Å²) in [5, 5.41) is 9.93. The maximum atomic E-state index is 12.5. The maximum Gasteiger partial charge on any atom is 0.346 e. The van der Waals surface area contributed by atoms with E-state index in [4.69, 9.17) is 0 Å². The van der Waals surface area contributed by atoms with E-state index in [1.807, 2.05) is 0 Å². The van der Waals surface area contributed by atoms with Crippen LogP contribution in [0, 0.1) is 6.92 Å². The summed E-state index contributed by atoms with van der Waals surface area (Å²) in [5.74, 6) is -0.127. The zero-order valence-electron chi connectivity index (χ0n) is 11.0. The molecule has 0 aliphatic carbocycles. The Kier molecular flexibility index (Phi) is 4.26. The molecule has 0 atom stereocenters. The van der Waals surface area contributed by atoms with Crippen molar-refractivity contribution >= 4 is 17.7 Å². The molecule has 0 bridgehead atoms. The van der Waals surface area contributed by atoms with E-state index in [9.17, 15) is 14.7 Å². The van der Waals surface area contributed by atoms with E-state index < -0.39 is 5.69 Å². The van der Waals surface area contributed by atoms with Crippen LogP contribution in [-0.4, -0.2) is 51.3 Å². The van der Waals surface area contributed by atoms with Gasteiger partial charge in [0.2, 0.25) is 0 Å². The molecule has 0 unspecified atom stereocenters. The number of carbonyl (C=O) groups excluding carboxylic acids is 1. The van der Waals surface area contributed by atoms with Crippen molar-refractivity contribution in [3.05, 3.63) is 21.7 Å². The molecule has 1 aliphatic heterocycles. The molecule has 0 radical (unpaired) electrons. The van der Waals surface area contributed by atoms with Crippen molar-refractivity contribution in [1.29, 1.82) is 0 Å². The number of piperidine rings is 1. The Bertz CT molecular complexity index is 536. The van der Waals surface area contributed by atoms with E-state index in [2.05, 4.69) is 9.97 Å². The third kappa shape index (κ3) is 2.98. The van der Waals surface area contributed by atoms with Gasteiger partial charge in [-0.05, 0) is 26.0 Å². The normalized spacial score (nSPS) is 16.7. The lowest BCUT2D eigenvalue weighted by Crippen LogP contribution is -2.41. The standard InChI is InChI=1S/C12H17N3O3S/c1-7-9(10(19-2)14-12(18)13-7)11(17)15-5-3-8(16)4-6-15/h8,16H,3-6H2,1-2H3,(H,13,14,18). The van der Waals surface area contributed by atoms with Gasteiger partial charge in [0.1, 0.15) is 5.03 Å². The van der Waals surface area contributed by atoms with Gasteiger partial charge in [0.15, 0.2) is 0 Å². The molecule has 1 aromatic rings.